The summed E-state index contributed by atoms with van der Waals surface area (Å²) in [6.07, 6.45) is 0. The van der Waals surface area contributed by atoms with E-state index in [4.69, 9.17) is 0 Å². The Morgan fingerprint density at radius 2 is 0.920 bits per heavy atom. The molecule has 4 heteroatoms. The van der Waals surface area contributed by atoms with E-state index in [1.165, 1.54) is 106 Å². The van der Waals surface area contributed by atoms with Gasteiger partial charge in [-0.2, -0.15) is 0 Å². The molecule has 0 unspecified atom stereocenters. The van der Waals surface area contributed by atoms with Crippen LogP contribution in [0.5, 0.6) is 0 Å². The largest absolute Gasteiger partial charge is 0.309 e. The number of aromatic nitrogens is 2. The maximum atomic E-state index is 2.52. The Hall–Kier alpha value is -5.94. The van der Waals surface area contributed by atoms with Crippen LogP contribution in [0.1, 0.15) is 0 Å². The Bertz CT molecular complexity index is 3320. The number of fused-ring (bicyclic) bond motifs is 17. The minimum atomic E-state index is 1.18. The van der Waals surface area contributed by atoms with Crippen molar-refractivity contribution >= 4 is 117 Å². The highest BCUT2D eigenvalue weighted by Gasteiger charge is 2.25. The normalized spacial score (nSPS) is 12.4. The summed E-state index contributed by atoms with van der Waals surface area (Å²) >= 11 is 3.84. The Morgan fingerprint density at radius 1 is 0.320 bits per heavy atom. The molecule has 0 radical (unpaired) electrons. The van der Waals surface area contributed by atoms with Gasteiger partial charge in [-0.25, -0.2) is 0 Å². The molecule has 12 rings (SSSR count). The van der Waals surface area contributed by atoms with Crippen molar-refractivity contribution in [3.63, 3.8) is 0 Å². The first kappa shape index (κ1) is 26.9. The van der Waals surface area contributed by atoms with Crippen molar-refractivity contribution in [3.8, 4) is 11.4 Å². The summed E-state index contributed by atoms with van der Waals surface area (Å²) in [6, 6.07) is 58.3. The molecule has 0 N–H and O–H groups in total. The Balaban J connectivity index is 1.35. The van der Waals surface area contributed by atoms with Crippen molar-refractivity contribution in [2.75, 3.05) is 0 Å². The van der Waals surface area contributed by atoms with Gasteiger partial charge in [0, 0.05) is 84.0 Å². The Labute approximate surface area is 294 Å². The second kappa shape index (κ2) is 9.82. The minimum Gasteiger partial charge on any atom is -0.309 e. The van der Waals surface area contributed by atoms with Crippen LogP contribution in [0.25, 0.3) is 106 Å². The zero-order valence-electron chi connectivity index (χ0n) is 26.7. The van der Waals surface area contributed by atoms with Crippen molar-refractivity contribution in [1.29, 1.82) is 0 Å². The molecule has 0 amide bonds. The number of para-hydroxylation sites is 3. The Kier molecular flexibility index (Phi) is 5.29. The van der Waals surface area contributed by atoms with E-state index in [0.717, 1.165) is 0 Å². The smallest absolute Gasteiger partial charge is 0.0634 e. The highest BCUT2D eigenvalue weighted by Crippen LogP contribution is 2.51. The first-order valence-electron chi connectivity index (χ1n) is 17.0. The van der Waals surface area contributed by atoms with Crippen molar-refractivity contribution in [1.82, 2.24) is 9.13 Å². The lowest BCUT2D eigenvalue weighted by Gasteiger charge is -2.12. The molecule has 0 aliphatic heterocycles. The van der Waals surface area contributed by atoms with Gasteiger partial charge in [0.15, 0.2) is 0 Å². The summed E-state index contributed by atoms with van der Waals surface area (Å²) in [5.41, 5.74) is 7.30. The van der Waals surface area contributed by atoms with Gasteiger partial charge in [0.05, 0.1) is 22.1 Å². The third-order valence-corrected chi connectivity index (χ3v) is 13.0. The van der Waals surface area contributed by atoms with Crippen LogP contribution >= 0.6 is 22.7 Å². The molecule has 8 aromatic carbocycles. The van der Waals surface area contributed by atoms with Gasteiger partial charge in [0.25, 0.3) is 0 Å². The van der Waals surface area contributed by atoms with Crippen LogP contribution in [0, 0.1) is 0 Å². The molecule has 50 heavy (non-hydrogen) atoms. The molecule has 232 valence electrons. The van der Waals surface area contributed by atoms with E-state index < -0.39 is 0 Å². The average molecular weight is 671 g/mol. The van der Waals surface area contributed by atoms with E-state index in [-0.39, 0.29) is 0 Å². The molecule has 0 spiro atoms. The molecule has 4 aromatic heterocycles. The number of rotatable bonds is 2. The van der Waals surface area contributed by atoms with Crippen LogP contribution in [-0.2, 0) is 0 Å². The van der Waals surface area contributed by atoms with Gasteiger partial charge >= 0.3 is 0 Å². The maximum Gasteiger partial charge on any atom is 0.0634 e. The summed E-state index contributed by atoms with van der Waals surface area (Å²) in [5.74, 6) is 0. The quantitative estimate of drug-likeness (QED) is 0.173. The zero-order valence-corrected chi connectivity index (χ0v) is 28.4. The van der Waals surface area contributed by atoms with Crippen LogP contribution in [-0.4, -0.2) is 9.13 Å². The van der Waals surface area contributed by atoms with E-state index >= 15 is 0 Å². The standard InChI is InChI=1S/C46H26N2S2/c1-2-12-27(13-3-1)48-37-24-22-28(47-35-18-8-4-14-29(35)30-15-5-9-19-36(30)47)26-34(37)44-45(48)33-23-25-40-41(31-16-6-10-20-38(31)49-40)42(33)43-32-17-7-11-21-39(32)50-46(43)44/h1-26H. The molecular formula is C46H26N2S2. The number of thiophene rings is 2. The molecule has 0 aliphatic rings. The highest BCUT2D eigenvalue weighted by molar-refractivity contribution is 7.27. The van der Waals surface area contributed by atoms with Gasteiger partial charge < -0.3 is 9.13 Å². The number of benzene rings is 8. The fourth-order valence-corrected chi connectivity index (χ4v) is 11.1. The summed E-state index contributed by atoms with van der Waals surface area (Å²) in [4.78, 5) is 0. The van der Waals surface area contributed by atoms with Crippen LogP contribution < -0.4 is 0 Å². The van der Waals surface area contributed by atoms with E-state index in [9.17, 15) is 0 Å². The summed E-state index contributed by atoms with van der Waals surface area (Å²) in [5, 5.41) is 13.2. The van der Waals surface area contributed by atoms with E-state index in [0.29, 0.717) is 0 Å². The summed E-state index contributed by atoms with van der Waals surface area (Å²) in [6.45, 7) is 0. The third-order valence-electron chi connectivity index (χ3n) is 10.7. The lowest BCUT2D eigenvalue weighted by atomic mass is 9.96. The van der Waals surface area contributed by atoms with Gasteiger partial charge in [0.1, 0.15) is 0 Å². The van der Waals surface area contributed by atoms with Crippen LogP contribution in [0.3, 0.4) is 0 Å². The monoisotopic (exact) mass is 670 g/mol. The van der Waals surface area contributed by atoms with Gasteiger partial charge in [-0.15, -0.1) is 22.7 Å². The first-order valence-corrected chi connectivity index (χ1v) is 18.7. The molecule has 0 saturated carbocycles. The van der Waals surface area contributed by atoms with Crippen molar-refractivity contribution in [2.24, 2.45) is 0 Å². The fraction of sp³-hybridized carbons (Fsp3) is 0. The average Bonchev–Trinajstić information content (AvgIpc) is 3.92. The first-order chi connectivity index (χ1) is 24.8. The maximum absolute atomic E-state index is 2.52. The molecule has 0 fully saturated rings. The molecule has 0 aliphatic carbocycles. The topological polar surface area (TPSA) is 9.86 Å². The van der Waals surface area contributed by atoms with Crippen LogP contribution in [0.4, 0.5) is 0 Å². The molecule has 12 aromatic rings. The molecule has 2 nitrogen and oxygen atoms in total. The molecule has 0 bridgehead atoms. The summed E-state index contributed by atoms with van der Waals surface area (Å²) < 4.78 is 10.3. The number of hydrogen-bond donors (Lipinski definition) is 0. The second-order valence-electron chi connectivity index (χ2n) is 13.2. The Morgan fingerprint density at radius 3 is 1.66 bits per heavy atom. The molecular weight excluding hydrogens is 645 g/mol. The summed E-state index contributed by atoms with van der Waals surface area (Å²) in [7, 11) is 0. The zero-order chi connectivity index (χ0) is 32.5. The molecule has 4 heterocycles. The van der Waals surface area contributed by atoms with Crippen molar-refractivity contribution in [3.05, 3.63) is 158 Å². The molecule has 0 saturated heterocycles. The second-order valence-corrected chi connectivity index (χ2v) is 15.4. The predicted octanol–water partition coefficient (Wildman–Crippen LogP) is 13.8. The lowest BCUT2D eigenvalue weighted by Crippen LogP contribution is -1.96. The van der Waals surface area contributed by atoms with E-state index in [1.807, 2.05) is 22.7 Å². The van der Waals surface area contributed by atoms with Gasteiger partial charge in [-0.1, -0.05) is 97.1 Å². The SMILES string of the molecule is c1ccc(-n2c3ccc(-n4c5ccccc5c5ccccc54)cc3c3c4sc5ccccc5c4c4c(ccc5sc6ccccc6c54)c32)cc1. The van der Waals surface area contributed by atoms with E-state index in [2.05, 4.69) is 167 Å². The lowest BCUT2D eigenvalue weighted by molar-refractivity contribution is 1.17. The molecule has 0 atom stereocenters. The fourth-order valence-electron chi connectivity index (χ4n) is 8.69. The van der Waals surface area contributed by atoms with Gasteiger partial charge in [-0.05, 0) is 60.7 Å². The minimum absolute atomic E-state index is 1.18. The predicted molar refractivity (Wildman–Crippen MR) is 218 cm³/mol. The van der Waals surface area contributed by atoms with Crippen LogP contribution in [0.15, 0.2) is 158 Å². The van der Waals surface area contributed by atoms with E-state index in [1.54, 1.807) is 0 Å². The van der Waals surface area contributed by atoms with Crippen LogP contribution in [0.2, 0.25) is 0 Å². The number of nitrogens with zero attached hydrogens (tertiary/aromatic N) is 2. The number of hydrogen-bond acceptors (Lipinski definition) is 2. The van der Waals surface area contributed by atoms with Crippen molar-refractivity contribution < 1.29 is 0 Å². The van der Waals surface area contributed by atoms with Gasteiger partial charge in [-0.3, -0.25) is 0 Å². The van der Waals surface area contributed by atoms with Gasteiger partial charge in [0.2, 0.25) is 0 Å². The van der Waals surface area contributed by atoms with Crippen molar-refractivity contribution in [2.45, 2.75) is 0 Å². The third kappa shape index (κ3) is 3.42. The highest BCUT2D eigenvalue weighted by atomic mass is 32.1.